The summed E-state index contributed by atoms with van der Waals surface area (Å²) in [7, 11) is 0. The molecule has 0 amide bonds. The molecule has 8 aromatic rings. The maximum Gasteiger partial charge on any atom is 0.170 e. The molecule has 10 rings (SSSR count). The number of nitrogens with zero attached hydrogens (tertiary/aromatic N) is 3. The molecule has 1 aliphatic carbocycles. The lowest BCUT2D eigenvalue weighted by molar-refractivity contribution is 0.359. The highest BCUT2D eigenvalue weighted by Crippen LogP contribution is 2.55. The van der Waals surface area contributed by atoms with Crippen molar-refractivity contribution in [2.45, 2.75) is 19.3 Å². The third-order valence-electron chi connectivity index (χ3n) is 10.4. The van der Waals surface area contributed by atoms with Crippen molar-refractivity contribution in [1.29, 1.82) is 0 Å². The van der Waals surface area contributed by atoms with Crippen LogP contribution in [0.4, 0.5) is 0 Å². The van der Waals surface area contributed by atoms with E-state index in [-0.39, 0.29) is 5.41 Å². The fourth-order valence-electron chi connectivity index (χ4n) is 7.66. The van der Waals surface area contributed by atoms with E-state index in [0.717, 1.165) is 50.4 Å². The molecular formula is C48H33N3O2. The van der Waals surface area contributed by atoms with Crippen LogP contribution in [0.2, 0.25) is 0 Å². The molecule has 7 aromatic carbocycles. The molecule has 0 bridgehead atoms. The average Bonchev–Trinajstić information content (AvgIpc) is 3.44. The molecule has 0 saturated carbocycles. The van der Waals surface area contributed by atoms with Crippen LogP contribution < -0.4 is 9.47 Å². The lowest BCUT2D eigenvalue weighted by Gasteiger charge is -2.25. The molecule has 0 radical (unpaired) electrons. The minimum Gasteiger partial charge on any atom is -0.450 e. The Balaban J connectivity index is 0.990. The Hall–Kier alpha value is -6.85. The number of ether oxygens (including phenoxy) is 2. The summed E-state index contributed by atoms with van der Waals surface area (Å²) in [6.07, 6.45) is 0. The van der Waals surface area contributed by atoms with Gasteiger partial charge in [-0.1, -0.05) is 153 Å². The Morgan fingerprint density at radius 3 is 1.58 bits per heavy atom. The van der Waals surface area contributed by atoms with Crippen LogP contribution in [-0.2, 0) is 5.41 Å². The quantitative estimate of drug-likeness (QED) is 0.181. The Morgan fingerprint density at radius 2 is 0.849 bits per heavy atom. The Labute approximate surface area is 308 Å². The van der Waals surface area contributed by atoms with Crippen LogP contribution in [0, 0.1) is 0 Å². The lowest BCUT2D eigenvalue weighted by Crippen LogP contribution is -2.15. The summed E-state index contributed by atoms with van der Waals surface area (Å²) in [6, 6.07) is 56.0. The summed E-state index contributed by atoms with van der Waals surface area (Å²) in [4.78, 5) is 15.0. The zero-order chi connectivity index (χ0) is 35.5. The van der Waals surface area contributed by atoms with Gasteiger partial charge in [0.15, 0.2) is 40.5 Å². The molecule has 2 heterocycles. The summed E-state index contributed by atoms with van der Waals surface area (Å²) in [5, 5.41) is 0. The molecule has 0 spiro atoms. The zero-order valence-electron chi connectivity index (χ0n) is 29.2. The van der Waals surface area contributed by atoms with Crippen LogP contribution in [0.25, 0.3) is 67.5 Å². The first-order chi connectivity index (χ1) is 26.0. The van der Waals surface area contributed by atoms with Crippen LogP contribution in [0.5, 0.6) is 23.0 Å². The number of rotatable bonds is 5. The number of fused-ring (bicyclic) bond motifs is 5. The van der Waals surface area contributed by atoms with Crippen molar-refractivity contribution in [2.24, 2.45) is 0 Å². The molecule has 1 aliphatic heterocycles. The summed E-state index contributed by atoms with van der Waals surface area (Å²) in [5.41, 5.74) is 11.9. The number of benzene rings is 7. The molecule has 0 N–H and O–H groups in total. The van der Waals surface area contributed by atoms with Crippen LogP contribution in [0.3, 0.4) is 0 Å². The van der Waals surface area contributed by atoms with Crippen LogP contribution in [0.15, 0.2) is 164 Å². The Morgan fingerprint density at radius 1 is 0.340 bits per heavy atom. The Bertz CT molecular complexity index is 2690. The molecule has 1 aromatic heterocycles. The summed E-state index contributed by atoms with van der Waals surface area (Å²) < 4.78 is 13.0. The van der Waals surface area contributed by atoms with E-state index in [1.165, 1.54) is 22.3 Å². The molecule has 0 saturated heterocycles. The van der Waals surface area contributed by atoms with Crippen molar-refractivity contribution in [2.75, 3.05) is 0 Å². The Kier molecular flexibility index (Phi) is 7.08. The SMILES string of the molecule is CC1(C)c2ccccc2-c2cc3c(cc21)Oc1ccc(-c2ccc(-c4nc(-c5ccccc5)nc(-c5ccccc5-c5ccccc5)n4)cc2)cc1O3. The highest BCUT2D eigenvalue weighted by molar-refractivity contribution is 5.84. The molecule has 0 fully saturated rings. The van der Waals surface area contributed by atoms with E-state index in [4.69, 9.17) is 24.4 Å². The van der Waals surface area contributed by atoms with Crippen molar-refractivity contribution in [3.8, 4) is 90.5 Å². The molecule has 5 heteroatoms. The summed E-state index contributed by atoms with van der Waals surface area (Å²) >= 11 is 0. The van der Waals surface area contributed by atoms with Crippen molar-refractivity contribution in [1.82, 2.24) is 15.0 Å². The third-order valence-corrected chi connectivity index (χ3v) is 10.4. The summed E-state index contributed by atoms with van der Waals surface area (Å²) in [6.45, 7) is 4.54. The topological polar surface area (TPSA) is 57.1 Å². The van der Waals surface area contributed by atoms with Crippen molar-refractivity contribution >= 4 is 0 Å². The van der Waals surface area contributed by atoms with Gasteiger partial charge in [-0.05, 0) is 68.8 Å². The lowest BCUT2D eigenvalue weighted by atomic mass is 9.82. The predicted octanol–water partition coefficient (Wildman–Crippen LogP) is 12.4. The first kappa shape index (κ1) is 30.9. The first-order valence-corrected chi connectivity index (χ1v) is 17.8. The molecule has 0 unspecified atom stereocenters. The monoisotopic (exact) mass is 683 g/mol. The van der Waals surface area contributed by atoms with Gasteiger partial charge in [-0.15, -0.1) is 0 Å². The smallest absolute Gasteiger partial charge is 0.170 e. The maximum absolute atomic E-state index is 6.54. The largest absolute Gasteiger partial charge is 0.450 e. The molecule has 2 aliphatic rings. The molecule has 5 nitrogen and oxygen atoms in total. The average molecular weight is 684 g/mol. The van der Waals surface area contributed by atoms with Gasteiger partial charge in [0.2, 0.25) is 0 Å². The minimum atomic E-state index is -0.112. The van der Waals surface area contributed by atoms with E-state index in [9.17, 15) is 0 Å². The minimum absolute atomic E-state index is 0.112. The molecule has 0 atom stereocenters. The number of aromatic nitrogens is 3. The van der Waals surface area contributed by atoms with E-state index in [0.29, 0.717) is 29.0 Å². The fourth-order valence-corrected chi connectivity index (χ4v) is 7.66. The van der Waals surface area contributed by atoms with E-state index in [2.05, 4.69) is 105 Å². The normalized spacial score (nSPS) is 13.2. The second-order valence-electron chi connectivity index (χ2n) is 14.0. The van der Waals surface area contributed by atoms with E-state index < -0.39 is 0 Å². The standard InChI is InChI=1S/C48H33N3O2/c1-48(2)39-20-12-11-18-36(39)38-28-43-44(29-40(38)48)52-41-26-25-34(27-42(41)53-43)30-21-23-33(24-22-30)46-49-45(32-15-7-4-8-16-32)50-47(51-46)37-19-10-9-17-35(37)31-13-5-3-6-14-31/h3-29H,1-2H3. The highest BCUT2D eigenvalue weighted by Gasteiger charge is 2.37. The van der Waals surface area contributed by atoms with Gasteiger partial charge in [0, 0.05) is 22.1 Å². The molecular weight excluding hydrogens is 651 g/mol. The van der Waals surface area contributed by atoms with E-state index in [1.54, 1.807) is 0 Å². The van der Waals surface area contributed by atoms with Crippen LogP contribution >= 0.6 is 0 Å². The van der Waals surface area contributed by atoms with Crippen LogP contribution in [0.1, 0.15) is 25.0 Å². The van der Waals surface area contributed by atoms with Crippen molar-refractivity contribution < 1.29 is 9.47 Å². The van der Waals surface area contributed by atoms with Gasteiger partial charge < -0.3 is 9.47 Å². The van der Waals surface area contributed by atoms with Gasteiger partial charge in [-0.3, -0.25) is 0 Å². The fraction of sp³-hybridized carbons (Fsp3) is 0.0625. The molecule has 252 valence electrons. The van der Waals surface area contributed by atoms with Gasteiger partial charge in [0.05, 0.1) is 0 Å². The van der Waals surface area contributed by atoms with Crippen molar-refractivity contribution in [3.63, 3.8) is 0 Å². The third kappa shape index (κ3) is 5.28. The van der Waals surface area contributed by atoms with E-state index in [1.807, 2.05) is 72.8 Å². The van der Waals surface area contributed by atoms with E-state index >= 15 is 0 Å². The predicted molar refractivity (Wildman–Crippen MR) is 211 cm³/mol. The number of hydrogen-bond acceptors (Lipinski definition) is 5. The van der Waals surface area contributed by atoms with Gasteiger partial charge in [-0.25, -0.2) is 15.0 Å². The van der Waals surface area contributed by atoms with Gasteiger partial charge in [0.25, 0.3) is 0 Å². The van der Waals surface area contributed by atoms with Gasteiger partial charge in [-0.2, -0.15) is 0 Å². The number of hydrogen-bond donors (Lipinski definition) is 0. The van der Waals surface area contributed by atoms with Crippen molar-refractivity contribution in [3.05, 3.63) is 175 Å². The molecule has 53 heavy (non-hydrogen) atoms. The van der Waals surface area contributed by atoms with Gasteiger partial charge in [0.1, 0.15) is 0 Å². The second kappa shape index (κ2) is 12.1. The second-order valence-corrected chi connectivity index (χ2v) is 14.0. The summed E-state index contributed by atoms with van der Waals surface area (Å²) in [5.74, 6) is 4.73. The maximum atomic E-state index is 6.54. The zero-order valence-corrected chi connectivity index (χ0v) is 29.2. The highest BCUT2D eigenvalue weighted by atomic mass is 16.6. The first-order valence-electron chi connectivity index (χ1n) is 17.8. The van der Waals surface area contributed by atoms with Crippen LogP contribution in [-0.4, -0.2) is 15.0 Å². The van der Waals surface area contributed by atoms with Gasteiger partial charge >= 0.3 is 0 Å².